The summed E-state index contributed by atoms with van der Waals surface area (Å²) >= 11 is 1.70. The molecule has 3 N–H and O–H groups in total. The van der Waals surface area contributed by atoms with Crippen LogP contribution < -0.4 is 16.1 Å². The highest BCUT2D eigenvalue weighted by atomic mass is 32.2. The quantitative estimate of drug-likeness (QED) is 0.688. The van der Waals surface area contributed by atoms with Gasteiger partial charge < -0.3 is 10.5 Å². The Morgan fingerprint density at radius 1 is 1.50 bits per heavy atom. The van der Waals surface area contributed by atoms with Crippen molar-refractivity contribution >= 4 is 27.6 Å². The molecule has 0 bridgehead atoms. The Kier molecular flexibility index (Phi) is 5.15. The van der Waals surface area contributed by atoms with Gasteiger partial charge in [-0.2, -0.15) is 4.98 Å². The molecule has 1 aromatic heterocycles. The lowest BCUT2D eigenvalue weighted by Crippen LogP contribution is -2.46. The number of nitrogens with one attached hydrogen (secondary N) is 1. The number of aromatic nitrogens is 2. The van der Waals surface area contributed by atoms with Gasteiger partial charge in [-0.15, -0.1) is 11.8 Å². The summed E-state index contributed by atoms with van der Waals surface area (Å²) in [5.74, 6) is 6.57. The largest absolute Gasteiger partial charge is 0.382 e. The summed E-state index contributed by atoms with van der Waals surface area (Å²) < 4.78 is 32.5. The van der Waals surface area contributed by atoms with Gasteiger partial charge in [-0.3, -0.25) is 4.57 Å². The first-order valence-electron chi connectivity index (χ1n) is 7.53. The second-order valence-corrected chi connectivity index (χ2v) is 8.86. The monoisotopic (exact) mass is 370 g/mol. The Hall–Kier alpha value is -1.54. The highest BCUT2D eigenvalue weighted by Crippen LogP contribution is 2.34. The van der Waals surface area contributed by atoms with E-state index in [9.17, 15) is 13.2 Å². The summed E-state index contributed by atoms with van der Waals surface area (Å²) in [7, 11) is -3.40. The van der Waals surface area contributed by atoms with Gasteiger partial charge in [0.2, 0.25) is 10.0 Å². The fraction of sp³-hybridized carbons (Fsp3) is 0.571. The van der Waals surface area contributed by atoms with Gasteiger partial charge in [-0.1, -0.05) is 11.8 Å². The number of nitrogen functional groups attached to an aromatic ring is 1. The summed E-state index contributed by atoms with van der Waals surface area (Å²) in [6, 6.07) is 0. The van der Waals surface area contributed by atoms with Crippen molar-refractivity contribution in [3.05, 3.63) is 22.2 Å². The van der Waals surface area contributed by atoms with Gasteiger partial charge in [0.1, 0.15) is 11.1 Å². The topological polar surface area (TPSA) is 116 Å². The molecule has 0 unspecified atom stereocenters. The van der Waals surface area contributed by atoms with E-state index in [1.807, 2.05) is 0 Å². The van der Waals surface area contributed by atoms with Gasteiger partial charge >= 0.3 is 5.69 Å². The third-order valence-electron chi connectivity index (χ3n) is 3.83. The van der Waals surface area contributed by atoms with E-state index in [1.165, 1.54) is 0 Å². The van der Waals surface area contributed by atoms with E-state index >= 15 is 0 Å². The molecular formula is C14H18N4O4S2. The second kappa shape index (κ2) is 7.14. The number of thioether (sulfide) groups is 1. The Bertz CT molecular complexity index is 831. The van der Waals surface area contributed by atoms with Crippen LogP contribution in [0, 0.1) is 11.8 Å². The summed E-state index contributed by atoms with van der Waals surface area (Å²) in [6.07, 6.45) is 3.57. The van der Waals surface area contributed by atoms with Crippen LogP contribution in [0.15, 0.2) is 11.0 Å². The van der Waals surface area contributed by atoms with Gasteiger partial charge in [0.05, 0.1) is 30.7 Å². The van der Waals surface area contributed by atoms with Crippen molar-refractivity contribution in [2.24, 2.45) is 0 Å². The second-order valence-electron chi connectivity index (χ2n) is 5.52. The minimum Gasteiger partial charge on any atom is -0.382 e. The van der Waals surface area contributed by atoms with E-state index in [1.54, 1.807) is 22.5 Å². The van der Waals surface area contributed by atoms with E-state index in [0.717, 1.165) is 18.6 Å². The summed E-state index contributed by atoms with van der Waals surface area (Å²) in [4.78, 5) is 15.8. The lowest BCUT2D eigenvalue weighted by Gasteiger charge is -2.25. The van der Waals surface area contributed by atoms with Gasteiger partial charge in [0, 0.05) is 6.20 Å². The first-order chi connectivity index (χ1) is 11.5. The first kappa shape index (κ1) is 17.3. The molecule has 1 aromatic rings. The van der Waals surface area contributed by atoms with Crippen molar-refractivity contribution in [1.29, 1.82) is 0 Å². The highest BCUT2D eigenvalue weighted by Gasteiger charge is 2.31. The molecule has 10 heteroatoms. The molecule has 8 nitrogen and oxygen atoms in total. The number of sulfonamides is 1. The predicted octanol–water partition coefficient (Wildman–Crippen LogP) is -0.479. The molecule has 130 valence electrons. The van der Waals surface area contributed by atoms with Gasteiger partial charge in [-0.05, 0) is 18.6 Å². The lowest BCUT2D eigenvalue weighted by molar-refractivity contribution is 0.0412. The van der Waals surface area contributed by atoms with Crippen LogP contribution in [0.5, 0.6) is 0 Å². The van der Waals surface area contributed by atoms with Gasteiger partial charge in [0.25, 0.3) is 0 Å². The zero-order chi connectivity index (χ0) is 17.2. The predicted molar refractivity (Wildman–Crippen MR) is 92.0 cm³/mol. The summed E-state index contributed by atoms with van der Waals surface area (Å²) in [5.41, 5.74) is 5.79. The van der Waals surface area contributed by atoms with Crippen LogP contribution in [0.25, 0.3) is 0 Å². The van der Waals surface area contributed by atoms with Crippen LogP contribution in [0.3, 0.4) is 0 Å². The van der Waals surface area contributed by atoms with Crippen molar-refractivity contribution in [3.63, 3.8) is 0 Å². The van der Waals surface area contributed by atoms with Crippen molar-refractivity contribution in [2.45, 2.75) is 23.5 Å². The van der Waals surface area contributed by atoms with E-state index in [-0.39, 0.29) is 36.6 Å². The highest BCUT2D eigenvalue weighted by molar-refractivity contribution is 7.99. The van der Waals surface area contributed by atoms with Gasteiger partial charge in [0.15, 0.2) is 0 Å². The van der Waals surface area contributed by atoms with Crippen molar-refractivity contribution < 1.29 is 13.2 Å². The van der Waals surface area contributed by atoms with Crippen LogP contribution in [-0.2, 0) is 14.8 Å². The molecule has 0 amide bonds. The molecule has 0 aromatic carbocycles. The summed E-state index contributed by atoms with van der Waals surface area (Å²) in [6.45, 7) is 0.392. The third kappa shape index (κ3) is 3.75. The summed E-state index contributed by atoms with van der Waals surface area (Å²) in [5, 5.41) is -0.449. The lowest BCUT2D eigenvalue weighted by atomic mass is 10.3. The molecular weight excluding hydrogens is 352 g/mol. The molecule has 2 aliphatic heterocycles. The zero-order valence-corrected chi connectivity index (χ0v) is 14.5. The average Bonchev–Trinajstić information content (AvgIpc) is 2.96. The molecule has 0 radical (unpaired) electrons. The van der Waals surface area contributed by atoms with Crippen LogP contribution >= 0.6 is 11.8 Å². The SMILES string of the molecule is Nc1nc(=O)n([C@@H]2CCCS2)cc1C#CCNS(=O)(=O)C1COC1. The van der Waals surface area contributed by atoms with Crippen molar-refractivity contribution in [2.75, 3.05) is 31.2 Å². The molecule has 3 rings (SSSR count). The molecule has 2 saturated heterocycles. The molecule has 2 fully saturated rings. The number of nitrogens with zero attached hydrogens (tertiary/aromatic N) is 2. The van der Waals surface area contributed by atoms with Crippen LogP contribution in [0.1, 0.15) is 23.8 Å². The fourth-order valence-corrected chi connectivity index (χ4v) is 4.66. The van der Waals surface area contributed by atoms with E-state index in [4.69, 9.17) is 10.5 Å². The maximum atomic E-state index is 12.0. The van der Waals surface area contributed by atoms with Crippen LogP contribution in [-0.4, -0.2) is 48.7 Å². The van der Waals surface area contributed by atoms with Gasteiger partial charge in [-0.25, -0.2) is 17.9 Å². The molecule has 0 aliphatic carbocycles. The maximum Gasteiger partial charge on any atom is 0.350 e. The number of anilines is 1. The van der Waals surface area contributed by atoms with Crippen LogP contribution in [0.2, 0.25) is 0 Å². The standard InChI is InChI=1S/C14H18N4O4S2/c15-13-10(3-1-5-16-24(20,21)11-8-22-9-11)7-18(14(19)17-13)12-4-2-6-23-12/h7,11-12,16H,2,4-6,8-9H2,(H2,15,17,19)/t12-/m0/s1. The van der Waals surface area contributed by atoms with Crippen molar-refractivity contribution in [1.82, 2.24) is 14.3 Å². The smallest absolute Gasteiger partial charge is 0.350 e. The minimum atomic E-state index is -3.40. The Morgan fingerprint density at radius 3 is 2.92 bits per heavy atom. The number of nitrogens with two attached hydrogens (primary N) is 1. The zero-order valence-electron chi connectivity index (χ0n) is 12.9. The average molecular weight is 370 g/mol. The van der Waals surface area contributed by atoms with Crippen molar-refractivity contribution in [3.8, 4) is 11.8 Å². The van der Waals surface area contributed by atoms with E-state index in [2.05, 4.69) is 21.5 Å². The molecule has 2 aliphatic rings. The maximum absolute atomic E-state index is 12.0. The Morgan fingerprint density at radius 2 is 2.29 bits per heavy atom. The fourth-order valence-electron chi connectivity index (χ4n) is 2.35. The number of hydrogen-bond acceptors (Lipinski definition) is 7. The van der Waals surface area contributed by atoms with Crippen LogP contribution in [0.4, 0.5) is 5.82 Å². The third-order valence-corrected chi connectivity index (χ3v) is 6.90. The number of hydrogen-bond donors (Lipinski definition) is 2. The Balaban J connectivity index is 1.71. The molecule has 3 heterocycles. The molecule has 0 spiro atoms. The molecule has 24 heavy (non-hydrogen) atoms. The normalized spacial score (nSPS) is 21.1. The van der Waals surface area contributed by atoms with E-state index in [0.29, 0.717) is 5.56 Å². The number of rotatable bonds is 4. The minimum absolute atomic E-state index is 0.0322. The number of ether oxygens (including phenoxy) is 1. The Labute approximate surface area is 144 Å². The molecule has 0 saturated carbocycles. The van der Waals surface area contributed by atoms with E-state index < -0.39 is 15.3 Å². The first-order valence-corrected chi connectivity index (χ1v) is 10.1. The molecule has 1 atom stereocenters.